The van der Waals surface area contributed by atoms with Crippen LogP contribution < -0.4 is 4.74 Å². The van der Waals surface area contributed by atoms with Crippen LogP contribution in [0.5, 0.6) is 5.75 Å². The Morgan fingerprint density at radius 1 is 1.38 bits per heavy atom. The van der Waals surface area contributed by atoms with E-state index in [1.54, 1.807) is 13.0 Å². The number of aliphatic hydroxyl groups is 1. The molecule has 0 saturated heterocycles. The molecular formula is C13H19ClO2. The maximum atomic E-state index is 9.40. The van der Waals surface area contributed by atoms with Gasteiger partial charge in [0.1, 0.15) is 5.75 Å². The summed E-state index contributed by atoms with van der Waals surface area (Å²) in [5.74, 6) is 1.21. The van der Waals surface area contributed by atoms with Crippen molar-refractivity contribution in [2.75, 3.05) is 6.61 Å². The second-order valence-electron chi connectivity index (χ2n) is 4.19. The summed E-state index contributed by atoms with van der Waals surface area (Å²) in [4.78, 5) is 0. The topological polar surface area (TPSA) is 29.5 Å². The van der Waals surface area contributed by atoms with E-state index < -0.39 is 6.10 Å². The van der Waals surface area contributed by atoms with Gasteiger partial charge in [0.15, 0.2) is 0 Å². The predicted molar refractivity (Wildman–Crippen MR) is 67.0 cm³/mol. The first-order valence-electron chi connectivity index (χ1n) is 5.64. The van der Waals surface area contributed by atoms with Crippen LogP contribution in [0.15, 0.2) is 18.2 Å². The average molecular weight is 243 g/mol. The molecule has 0 aromatic heterocycles. The SMILES string of the molecule is CCC(C)COc1ccc([C@@H](C)O)cc1Cl. The first-order valence-corrected chi connectivity index (χ1v) is 6.02. The Bertz CT molecular complexity index is 337. The predicted octanol–water partition coefficient (Wildman–Crippen LogP) is 3.82. The third-order valence-electron chi connectivity index (χ3n) is 2.66. The molecule has 90 valence electrons. The fraction of sp³-hybridized carbons (Fsp3) is 0.538. The number of hydrogen-bond donors (Lipinski definition) is 1. The minimum Gasteiger partial charge on any atom is -0.492 e. The molecule has 2 atom stereocenters. The second-order valence-corrected chi connectivity index (χ2v) is 4.60. The lowest BCUT2D eigenvalue weighted by atomic mass is 10.1. The van der Waals surface area contributed by atoms with Gasteiger partial charge in [-0.1, -0.05) is 37.9 Å². The molecule has 1 aromatic rings. The molecule has 0 saturated carbocycles. The van der Waals surface area contributed by atoms with Crippen molar-refractivity contribution >= 4 is 11.6 Å². The molecule has 1 unspecified atom stereocenters. The van der Waals surface area contributed by atoms with Gasteiger partial charge in [-0.25, -0.2) is 0 Å². The Morgan fingerprint density at radius 3 is 2.56 bits per heavy atom. The van der Waals surface area contributed by atoms with E-state index in [0.29, 0.717) is 23.3 Å². The van der Waals surface area contributed by atoms with Crippen LogP contribution in [0.1, 0.15) is 38.9 Å². The molecule has 1 aromatic carbocycles. The molecule has 0 aliphatic carbocycles. The van der Waals surface area contributed by atoms with E-state index in [1.165, 1.54) is 0 Å². The average Bonchev–Trinajstić information content (AvgIpc) is 2.26. The quantitative estimate of drug-likeness (QED) is 0.851. The van der Waals surface area contributed by atoms with Gasteiger partial charge in [-0.05, 0) is 30.5 Å². The Hall–Kier alpha value is -0.730. The van der Waals surface area contributed by atoms with Gasteiger partial charge >= 0.3 is 0 Å². The maximum absolute atomic E-state index is 9.40. The Morgan fingerprint density at radius 2 is 2.06 bits per heavy atom. The summed E-state index contributed by atoms with van der Waals surface area (Å²) < 4.78 is 5.61. The number of benzene rings is 1. The molecular weight excluding hydrogens is 224 g/mol. The lowest BCUT2D eigenvalue weighted by Crippen LogP contribution is -2.07. The molecule has 0 aliphatic rings. The van der Waals surface area contributed by atoms with E-state index in [9.17, 15) is 5.11 Å². The zero-order valence-electron chi connectivity index (χ0n) is 10.0. The van der Waals surface area contributed by atoms with Gasteiger partial charge in [0.2, 0.25) is 0 Å². The molecule has 2 nitrogen and oxygen atoms in total. The van der Waals surface area contributed by atoms with Crippen molar-refractivity contribution in [2.24, 2.45) is 5.92 Å². The van der Waals surface area contributed by atoms with E-state index in [2.05, 4.69) is 13.8 Å². The van der Waals surface area contributed by atoms with Crippen LogP contribution in [-0.4, -0.2) is 11.7 Å². The summed E-state index contributed by atoms with van der Waals surface area (Å²) in [5, 5.41) is 9.95. The third-order valence-corrected chi connectivity index (χ3v) is 2.95. The van der Waals surface area contributed by atoms with Gasteiger partial charge in [-0.3, -0.25) is 0 Å². The first kappa shape index (κ1) is 13.3. The zero-order chi connectivity index (χ0) is 12.1. The van der Waals surface area contributed by atoms with Crippen molar-refractivity contribution in [3.63, 3.8) is 0 Å². The molecule has 0 aliphatic heterocycles. The lowest BCUT2D eigenvalue weighted by Gasteiger charge is -2.13. The van der Waals surface area contributed by atoms with Crippen molar-refractivity contribution in [2.45, 2.75) is 33.3 Å². The van der Waals surface area contributed by atoms with E-state index in [4.69, 9.17) is 16.3 Å². The lowest BCUT2D eigenvalue weighted by molar-refractivity contribution is 0.199. The van der Waals surface area contributed by atoms with Gasteiger partial charge in [-0.15, -0.1) is 0 Å². The third kappa shape index (κ3) is 3.69. The Kier molecular flexibility index (Phi) is 5.10. The largest absolute Gasteiger partial charge is 0.492 e. The van der Waals surface area contributed by atoms with Crippen molar-refractivity contribution < 1.29 is 9.84 Å². The Balaban J connectivity index is 2.68. The highest BCUT2D eigenvalue weighted by Crippen LogP contribution is 2.28. The molecule has 3 heteroatoms. The number of halogens is 1. The summed E-state index contributed by atoms with van der Waals surface area (Å²) in [6.45, 7) is 6.65. The summed E-state index contributed by atoms with van der Waals surface area (Å²) in [7, 11) is 0. The highest BCUT2D eigenvalue weighted by Gasteiger charge is 2.07. The second kappa shape index (κ2) is 6.12. The summed E-state index contributed by atoms with van der Waals surface area (Å²) in [5.41, 5.74) is 0.806. The summed E-state index contributed by atoms with van der Waals surface area (Å²) in [6, 6.07) is 5.40. The number of rotatable bonds is 5. The van der Waals surface area contributed by atoms with Gasteiger partial charge in [0, 0.05) is 0 Å². The number of hydrogen-bond acceptors (Lipinski definition) is 2. The normalized spacial score (nSPS) is 14.6. The zero-order valence-corrected chi connectivity index (χ0v) is 10.8. The molecule has 0 heterocycles. The fourth-order valence-electron chi connectivity index (χ4n) is 1.24. The van der Waals surface area contributed by atoms with E-state index in [0.717, 1.165) is 12.0 Å². The fourth-order valence-corrected chi connectivity index (χ4v) is 1.49. The molecule has 0 amide bonds. The smallest absolute Gasteiger partial charge is 0.137 e. The van der Waals surface area contributed by atoms with Gasteiger partial charge < -0.3 is 9.84 Å². The van der Waals surface area contributed by atoms with Crippen LogP contribution in [0, 0.1) is 5.92 Å². The number of ether oxygens (including phenoxy) is 1. The molecule has 0 spiro atoms. The minimum atomic E-state index is -0.499. The molecule has 16 heavy (non-hydrogen) atoms. The minimum absolute atomic E-state index is 0.499. The maximum Gasteiger partial charge on any atom is 0.137 e. The highest BCUT2D eigenvalue weighted by atomic mass is 35.5. The van der Waals surface area contributed by atoms with Gasteiger partial charge in [0.05, 0.1) is 17.7 Å². The first-order chi connectivity index (χ1) is 7.54. The van der Waals surface area contributed by atoms with Crippen molar-refractivity contribution in [3.8, 4) is 5.75 Å². The van der Waals surface area contributed by atoms with Crippen LogP contribution >= 0.6 is 11.6 Å². The van der Waals surface area contributed by atoms with Crippen LogP contribution in [-0.2, 0) is 0 Å². The van der Waals surface area contributed by atoms with Crippen LogP contribution in [0.4, 0.5) is 0 Å². The summed E-state index contributed by atoms with van der Waals surface area (Å²) in [6.07, 6.45) is 0.588. The molecule has 0 bridgehead atoms. The summed E-state index contributed by atoms with van der Waals surface area (Å²) >= 11 is 6.06. The molecule has 0 fully saturated rings. The van der Waals surface area contributed by atoms with Gasteiger partial charge in [0.25, 0.3) is 0 Å². The monoisotopic (exact) mass is 242 g/mol. The van der Waals surface area contributed by atoms with Crippen molar-refractivity contribution in [1.29, 1.82) is 0 Å². The molecule has 1 N–H and O–H groups in total. The van der Waals surface area contributed by atoms with Crippen LogP contribution in [0.3, 0.4) is 0 Å². The Labute approximate surface area is 102 Å². The molecule has 0 radical (unpaired) electrons. The van der Waals surface area contributed by atoms with E-state index in [-0.39, 0.29) is 0 Å². The van der Waals surface area contributed by atoms with Crippen LogP contribution in [0.2, 0.25) is 5.02 Å². The van der Waals surface area contributed by atoms with Crippen molar-refractivity contribution in [3.05, 3.63) is 28.8 Å². The standard InChI is InChI=1S/C13H19ClO2/c1-4-9(2)8-16-13-6-5-11(10(3)15)7-12(13)14/h5-7,9-10,15H,4,8H2,1-3H3/t9?,10-/m1/s1. The number of aliphatic hydroxyl groups excluding tert-OH is 1. The van der Waals surface area contributed by atoms with Gasteiger partial charge in [-0.2, -0.15) is 0 Å². The van der Waals surface area contributed by atoms with E-state index in [1.807, 2.05) is 12.1 Å². The van der Waals surface area contributed by atoms with Crippen molar-refractivity contribution in [1.82, 2.24) is 0 Å². The molecule has 1 rings (SSSR count). The van der Waals surface area contributed by atoms with E-state index >= 15 is 0 Å². The van der Waals surface area contributed by atoms with Crippen LogP contribution in [0.25, 0.3) is 0 Å². The highest BCUT2D eigenvalue weighted by molar-refractivity contribution is 6.32.